The number of carbonyl (C=O) groups excluding carboxylic acids is 2. The summed E-state index contributed by atoms with van der Waals surface area (Å²) in [4.78, 5) is 27.6. The maximum absolute atomic E-state index is 13.8. The summed E-state index contributed by atoms with van der Waals surface area (Å²) >= 11 is 0. The monoisotopic (exact) mass is 476 g/mol. The molecule has 0 spiro atoms. The Hall–Kier alpha value is -3.43. The van der Waals surface area contributed by atoms with Crippen LogP contribution in [0.25, 0.3) is 11.1 Å². The van der Waals surface area contributed by atoms with Crippen LogP contribution in [0.2, 0.25) is 0 Å². The van der Waals surface area contributed by atoms with Crippen LogP contribution in [-0.2, 0) is 15.8 Å². The van der Waals surface area contributed by atoms with Crippen molar-refractivity contribution in [2.75, 3.05) is 11.9 Å². The zero-order chi connectivity index (χ0) is 24.9. The van der Waals surface area contributed by atoms with Crippen LogP contribution in [0.15, 0.2) is 41.6 Å². The van der Waals surface area contributed by atoms with Crippen LogP contribution < -0.4 is 15.5 Å². The van der Waals surface area contributed by atoms with E-state index in [1.165, 1.54) is 18.3 Å². The van der Waals surface area contributed by atoms with E-state index in [0.717, 1.165) is 12.5 Å². The minimum absolute atomic E-state index is 0.120. The maximum Gasteiger partial charge on any atom is 0.419 e. The molecular formula is C24H27F3N4O3. The topological polar surface area (TPSA) is 92.7 Å². The van der Waals surface area contributed by atoms with Crippen molar-refractivity contribution >= 4 is 23.3 Å². The lowest BCUT2D eigenvalue weighted by atomic mass is 9.99. The van der Waals surface area contributed by atoms with Gasteiger partial charge in [-0.3, -0.25) is 9.59 Å². The molecule has 182 valence electrons. The number of nitrogens with one attached hydrogen (secondary N) is 2. The minimum atomic E-state index is -4.60. The molecule has 0 saturated heterocycles. The molecule has 1 aromatic carbocycles. The molecule has 0 bridgehead atoms. The number of hydrogen-bond acceptors (Lipinski definition) is 5. The number of benzene rings is 1. The van der Waals surface area contributed by atoms with Gasteiger partial charge in [-0.1, -0.05) is 26.8 Å². The largest absolute Gasteiger partial charge is 0.493 e. The molecule has 2 heterocycles. The van der Waals surface area contributed by atoms with Gasteiger partial charge in [-0.2, -0.15) is 18.3 Å². The van der Waals surface area contributed by atoms with Gasteiger partial charge in [-0.25, -0.2) is 10.4 Å². The average molecular weight is 476 g/mol. The second-order valence-corrected chi connectivity index (χ2v) is 8.73. The Morgan fingerprint density at radius 2 is 1.88 bits per heavy atom. The number of nitrogens with zero attached hydrogens (tertiary/aromatic N) is 2. The van der Waals surface area contributed by atoms with Crippen molar-refractivity contribution in [2.45, 2.75) is 46.2 Å². The maximum atomic E-state index is 13.8. The number of hydrogen-bond donors (Lipinski definition) is 2. The third-order valence-electron chi connectivity index (χ3n) is 5.18. The first-order valence-corrected chi connectivity index (χ1v) is 11.0. The second-order valence-electron chi connectivity index (χ2n) is 8.73. The number of alkyl halides is 3. The molecule has 0 radical (unpaired) electrons. The Bertz CT molecular complexity index is 1080. The number of aromatic nitrogens is 1. The molecule has 0 aliphatic carbocycles. The van der Waals surface area contributed by atoms with Crippen molar-refractivity contribution in [3.63, 3.8) is 0 Å². The summed E-state index contributed by atoms with van der Waals surface area (Å²) in [6.45, 7) is 6.24. The van der Waals surface area contributed by atoms with Crippen molar-refractivity contribution in [3.8, 4) is 16.9 Å². The van der Waals surface area contributed by atoms with Crippen LogP contribution in [0.1, 0.15) is 45.6 Å². The fraction of sp³-hybridized carbons (Fsp3) is 0.417. The van der Waals surface area contributed by atoms with Crippen molar-refractivity contribution in [1.29, 1.82) is 0 Å². The van der Waals surface area contributed by atoms with Gasteiger partial charge in [0.25, 0.3) is 5.91 Å². The van der Waals surface area contributed by atoms with E-state index in [4.69, 9.17) is 4.74 Å². The summed E-state index contributed by atoms with van der Waals surface area (Å²) in [6, 6.07) is 6.91. The van der Waals surface area contributed by atoms with Gasteiger partial charge in [-0.15, -0.1) is 0 Å². The summed E-state index contributed by atoms with van der Waals surface area (Å²) < 4.78 is 46.8. The van der Waals surface area contributed by atoms with Gasteiger partial charge in [0.05, 0.1) is 12.2 Å². The number of carbonyl (C=O) groups is 2. The summed E-state index contributed by atoms with van der Waals surface area (Å²) in [6.07, 6.45) is -2.03. The lowest BCUT2D eigenvalue weighted by molar-refractivity contribution is -0.139. The van der Waals surface area contributed by atoms with Crippen LogP contribution in [0.4, 0.5) is 19.0 Å². The molecule has 10 heteroatoms. The van der Waals surface area contributed by atoms with Crippen molar-refractivity contribution < 1.29 is 27.5 Å². The lowest BCUT2D eigenvalue weighted by Crippen LogP contribution is -2.32. The molecule has 34 heavy (non-hydrogen) atoms. The Balaban J connectivity index is 1.80. The van der Waals surface area contributed by atoms with Gasteiger partial charge in [0.1, 0.15) is 17.3 Å². The third kappa shape index (κ3) is 6.79. The molecular weight excluding hydrogens is 449 g/mol. The van der Waals surface area contributed by atoms with Gasteiger partial charge in [0.15, 0.2) is 0 Å². The molecule has 7 nitrogen and oxygen atoms in total. The standard InChI is InChI=1S/C24H27F3N4O3/c1-14(2)10-15(3)13-34-20-6-4-16(11-18(20)24(25,26)27)17-8-9-28-21(12-17)29-23(33)19-5-7-22(32)31-30-19/h4,6,8-9,11-12,14-15H,5,7,10,13H2,1-3H3,(H,31,32)(H,28,29,33)/t15-/m1/s1. The van der Waals surface area contributed by atoms with E-state index < -0.39 is 17.6 Å². The second kappa shape index (κ2) is 10.7. The predicted molar refractivity (Wildman–Crippen MR) is 122 cm³/mol. The van der Waals surface area contributed by atoms with Crippen LogP contribution in [-0.4, -0.2) is 29.1 Å². The Morgan fingerprint density at radius 1 is 1.15 bits per heavy atom. The first kappa shape index (κ1) is 25.2. The molecule has 2 N–H and O–H groups in total. The van der Waals surface area contributed by atoms with Crippen LogP contribution in [0.5, 0.6) is 5.75 Å². The molecule has 0 fully saturated rings. The van der Waals surface area contributed by atoms with Crippen molar-refractivity contribution in [3.05, 3.63) is 42.1 Å². The smallest absolute Gasteiger partial charge is 0.419 e. The van der Waals surface area contributed by atoms with Gasteiger partial charge in [0.2, 0.25) is 5.91 Å². The number of rotatable bonds is 8. The van der Waals surface area contributed by atoms with E-state index >= 15 is 0 Å². The van der Waals surface area contributed by atoms with Crippen molar-refractivity contribution in [1.82, 2.24) is 10.4 Å². The number of amides is 2. The zero-order valence-corrected chi connectivity index (χ0v) is 19.2. The molecule has 2 amide bonds. The first-order valence-electron chi connectivity index (χ1n) is 11.0. The molecule has 1 aliphatic rings. The van der Waals surface area contributed by atoms with Gasteiger partial charge in [-0.05, 0) is 53.6 Å². The quantitative estimate of drug-likeness (QED) is 0.559. The summed E-state index contributed by atoms with van der Waals surface area (Å²) in [7, 11) is 0. The van der Waals surface area contributed by atoms with Crippen LogP contribution in [0.3, 0.4) is 0 Å². The zero-order valence-electron chi connectivity index (χ0n) is 19.2. The predicted octanol–water partition coefficient (Wildman–Crippen LogP) is 5.03. The molecule has 1 atom stereocenters. The van der Waals surface area contributed by atoms with E-state index in [1.807, 2.05) is 6.92 Å². The van der Waals surface area contributed by atoms with E-state index in [2.05, 4.69) is 34.7 Å². The Kier molecular flexibility index (Phi) is 7.90. The Morgan fingerprint density at radius 3 is 2.53 bits per heavy atom. The van der Waals surface area contributed by atoms with E-state index in [9.17, 15) is 22.8 Å². The fourth-order valence-electron chi connectivity index (χ4n) is 3.67. The normalized spacial score (nSPS) is 14.9. The number of halogens is 3. The summed E-state index contributed by atoms with van der Waals surface area (Å²) in [5.41, 5.74) is 2.25. The van der Waals surface area contributed by atoms with E-state index in [1.54, 1.807) is 12.1 Å². The molecule has 0 saturated carbocycles. The molecule has 2 aromatic rings. The minimum Gasteiger partial charge on any atom is -0.493 e. The highest BCUT2D eigenvalue weighted by molar-refractivity contribution is 6.43. The molecule has 3 rings (SSSR count). The molecule has 1 aliphatic heterocycles. The molecule has 0 unspecified atom stereocenters. The first-order chi connectivity index (χ1) is 16.0. The van der Waals surface area contributed by atoms with Gasteiger partial charge < -0.3 is 10.1 Å². The van der Waals surface area contributed by atoms with Crippen LogP contribution >= 0.6 is 0 Å². The lowest BCUT2D eigenvalue weighted by Gasteiger charge is -2.19. The highest BCUT2D eigenvalue weighted by Gasteiger charge is 2.35. The highest BCUT2D eigenvalue weighted by Crippen LogP contribution is 2.39. The van der Waals surface area contributed by atoms with E-state index in [0.29, 0.717) is 17.0 Å². The van der Waals surface area contributed by atoms with Crippen LogP contribution in [0, 0.1) is 11.8 Å². The van der Waals surface area contributed by atoms with Crippen molar-refractivity contribution in [2.24, 2.45) is 16.9 Å². The number of anilines is 1. The highest BCUT2D eigenvalue weighted by atomic mass is 19.4. The van der Waals surface area contributed by atoms with Gasteiger partial charge >= 0.3 is 6.18 Å². The molecule has 1 aromatic heterocycles. The van der Waals surface area contributed by atoms with E-state index in [-0.39, 0.29) is 48.6 Å². The summed E-state index contributed by atoms with van der Waals surface area (Å²) in [5, 5.41) is 6.28. The number of pyridine rings is 1. The number of ether oxygens (including phenoxy) is 1. The summed E-state index contributed by atoms with van der Waals surface area (Å²) in [5.74, 6) is -0.341. The Labute approximate surface area is 195 Å². The SMILES string of the molecule is CC(C)C[C@@H](C)COc1ccc(-c2ccnc(NC(=O)C3=NNC(=O)CC3)c2)cc1C(F)(F)F. The van der Waals surface area contributed by atoms with Gasteiger partial charge in [0, 0.05) is 19.0 Å². The third-order valence-corrected chi connectivity index (χ3v) is 5.18. The number of hydrazone groups is 1. The average Bonchev–Trinajstić information content (AvgIpc) is 2.77. The fourth-order valence-corrected chi connectivity index (χ4v) is 3.67.